The third-order valence-corrected chi connectivity index (χ3v) is 4.54. The number of carbonyl (C=O) groups is 1. The van der Waals surface area contributed by atoms with Crippen molar-refractivity contribution < 1.29 is 14.3 Å². The van der Waals surface area contributed by atoms with Gasteiger partial charge in [0.2, 0.25) is 0 Å². The van der Waals surface area contributed by atoms with Crippen LogP contribution in [0.4, 0.5) is 10.5 Å². The number of urea groups is 1. The van der Waals surface area contributed by atoms with E-state index in [1.165, 1.54) is 5.56 Å². The average Bonchev–Trinajstić information content (AvgIpc) is 2.72. The lowest BCUT2D eigenvalue weighted by Gasteiger charge is -2.33. The van der Waals surface area contributed by atoms with Crippen LogP contribution in [-0.2, 0) is 11.3 Å². The van der Waals surface area contributed by atoms with Crippen molar-refractivity contribution in [2.45, 2.75) is 19.6 Å². The average molecular weight is 396 g/mol. The van der Waals surface area contributed by atoms with Gasteiger partial charge in [0.25, 0.3) is 0 Å². The highest BCUT2D eigenvalue weighted by atomic mass is 16.5. The Hall–Kier alpha value is -2.83. The van der Waals surface area contributed by atoms with Crippen LogP contribution in [0, 0.1) is 0 Å². The molecule has 0 saturated carbocycles. The number of hydrogen-bond donors (Lipinski definition) is 2. The topological polar surface area (TPSA) is 62.8 Å². The molecule has 154 valence electrons. The largest absolute Gasteiger partial charge is 0.489 e. The minimum Gasteiger partial charge on any atom is -0.489 e. The lowest BCUT2D eigenvalue weighted by atomic mass is 10.2. The monoisotopic (exact) mass is 395 g/mol. The predicted molar refractivity (Wildman–Crippen MR) is 115 cm³/mol. The summed E-state index contributed by atoms with van der Waals surface area (Å²) in [4.78, 5) is 14.6. The quantitative estimate of drug-likeness (QED) is 0.670. The van der Waals surface area contributed by atoms with E-state index in [1.807, 2.05) is 31.2 Å². The van der Waals surface area contributed by atoms with Crippen molar-refractivity contribution in [3.63, 3.8) is 0 Å². The molecule has 1 aliphatic rings. The second kappa shape index (κ2) is 10.6. The van der Waals surface area contributed by atoms with Crippen molar-refractivity contribution in [2.24, 2.45) is 0 Å². The number of rotatable bonds is 8. The van der Waals surface area contributed by atoms with E-state index in [1.54, 1.807) is 6.07 Å². The first-order valence-corrected chi connectivity index (χ1v) is 9.88. The van der Waals surface area contributed by atoms with E-state index < -0.39 is 0 Å². The molecular weight excluding hydrogens is 366 g/mol. The van der Waals surface area contributed by atoms with Gasteiger partial charge < -0.3 is 20.1 Å². The molecule has 6 heteroatoms. The minimum atomic E-state index is -0.258. The summed E-state index contributed by atoms with van der Waals surface area (Å²) in [7, 11) is 0. The molecule has 1 saturated heterocycles. The summed E-state index contributed by atoms with van der Waals surface area (Å²) in [5.41, 5.74) is 2.90. The molecule has 6 nitrogen and oxygen atoms in total. The number of benzene rings is 2. The molecular formula is C23H29N3O3. The number of nitrogens with one attached hydrogen (secondary N) is 2. The number of morpholine rings is 1. The fraction of sp³-hybridized carbons (Fsp3) is 0.348. The molecule has 0 aliphatic carbocycles. The fourth-order valence-electron chi connectivity index (χ4n) is 3.14. The number of nitrogens with zero attached hydrogens (tertiary/aromatic N) is 1. The smallest absolute Gasteiger partial charge is 0.319 e. The lowest BCUT2D eigenvalue weighted by molar-refractivity contribution is -0.0285. The summed E-state index contributed by atoms with van der Waals surface area (Å²) in [6.07, 6.45) is -0.0246. The van der Waals surface area contributed by atoms with E-state index in [0.717, 1.165) is 25.2 Å². The summed E-state index contributed by atoms with van der Waals surface area (Å²) in [6, 6.07) is 17.4. The van der Waals surface area contributed by atoms with Crippen LogP contribution in [0.3, 0.4) is 0 Å². The standard InChI is InChI=1S/C23H29N3O3/c1-18(2)17-29-21-10-6-9-20(13-21)25-23(27)24-14-22-16-26(11-12-28-22)15-19-7-4-3-5-8-19/h3-10,13,22H,1,11-12,14-17H2,2H3,(H2,24,25,27). The minimum absolute atomic E-state index is 0.0246. The number of hydrogen-bond acceptors (Lipinski definition) is 4. The molecule has 2 aromatic carbocycles. The summed E-state index contributed by atoms with van der Waals surface area (Å²) >= 11 is 0. The molecule has 1 unspecified atom stereocenters. The summed E-state index contributed by atoms with van der Waals surface area (Å²) in [5, 5.41) is 5.74. The maximum absolute atomic E-state index is 12.3. The zero-order chi connectivity index (χ0) is 20.5. The molecule has 2 amide bonds. The van der Waals surface area contributed by atoms with Gasteiger partial charge in [0.15, 0.2) is 0 Å². The van der Waals surface area contributed by atoms with E-state index in [4.69, 9.17) is 9.47 Å². The number of anilines is 1. The van der Waals surface area contributed by atoms with Gasteiger partial charge in [-0.1, -0.05) is 43.0 Å². The van der Waals surface area contributed by atoms with Gasteiger partial charge in [0.05, 0.1) is 12.7 Å². The maximum atomic E-state index is 12.3. The van der Waals surface area contributed by atoms with Gasteiger partial charge in [-0.2, -0.15) is 0 Å². The molecule has 29 heavy (non-hydrogen) atoms. The van der Waals surface area contributed by atoms with E-state index in [9.17, 15) is 4.79 Å². The van der Waals surface area contributed by atoms with Crippen molar-refractivity contribution in [1.29, 1.82) is 0 Å². The van der Waals surface area contributed by atoms with Gasteiger partial charge in [-0.25, -0.2) is 4.79 Å². The molecule has 1 atom stereocenters. The SMILES string of the molecule is C=C(C)COc1cccc(NC(=O)NCC2CN(Cc3ccccc3)CCO2)c1. The van der Waals surface area contributed by atoms with Crippen LogP contribution in [0.5, 0.6) is 5.75 Å². The van der Waals surface area contributed by atoms with Crippen molar-refractivity contribution >= 4 is 11.7 Å². The first kappa shape index (κ1) is 20.9. The van der Waals surface area contributed by atoms with E-state index in [2.05, 4.69) is 46.4 Å². The number of ether oxygens (including phenoxy) is 2. The lowest BCUT2D eigenvalue weighted by Crippen LogP contribution is -2.47. The van der Waals surface area contributed by atoms with Crippen molar-refractivity contribution in [2.75, 3.05) is 38.2 Å². The van der Waals surface area contributed by atoms with Crippen LogP contribution < -0.4 is 15.4 Å². The van der Waals surface area contributed by atoms with Gasteiger partial charge in [-0.3, -0.25) is 4.90 Å². The Morgan fingerprint density at radius 2 is 2.07 bits per heavy atom. The Labute approximate surface area is 172 Å². The summed E-state index contributed by atoms with van der Waals surface area (Å²) in [5.74, 6) is 0.693. The van der Waals surface area contributed by atoms with E-state index in [-0.39, 0.29) is 12.1 Å². The second-order valence-electron chi connectivity index (χ2n) is 7.32. The zero-order valence-corrected chi connectivity index (χ0v) is 16.9. The highest BCUT2D eigenvalue weighted by Crippen LogP contribution is 2.18. The highest BCUT2D eigenvalue weighted by molar-refractivity contribution is 5.89. The molecule has 3 rings (SSSR count). The van der Waals surface area contributed by atoms with Crippen LogP contribution in [0.1, 0.15) is 12.5 Å². The van der Waals surface area contributed by atoms with Crippen LogP contribution in [0.15, 0.2) is 66.7 Å². The summed E-state index contributed by atoms with van der Waals surface area (Å²) < 4.78 is 11.4. The number of carbonyl (C=O) groups excluding carboxylic acids is 1. The van der Waals surface area contributed by atoms with Crippen LogP contribution in [0.2, 0.25) is 0 Å². The van der Waals surface area contributed by atoms with Gasteiger partial charge in [0.1, 0.15) is 12.4 Å². The third kappa shape index (κ3) is 7.25. The second-order valence-corrected chi connectivity index (χ2v) is 7.32. The van der Waals surface area contributed by atoms with Gasteiger partial charge in [-0.05, 0) is 30.2 Å². The van der Waals surface area contributed by atoms with Gasteiger partial charge in [-0.15, -0.1) is 0 Å². The zero-order valence-electron chi connectivity index (χ0n) is 16.9. The van der Waals surface area contributed by atoms with Crippen molar-refractivity contribution in [1.82, 2.24) is 10.2 Å². The third-order valence-electron chi connectivity index (χ3n) is 4.54. The molecule has 0 spiro atoms. The maximum Gasteiger partial charge on any atom is 0.319 e. The Morgan fingerprint density at radius 3 is 2.86 bits per heavy atom. The van der Waals surface area contributed by atoms with E-state index in [0.29, 0.717) is 31.2 Å². The highest BCUT2D eigenvalue weighted by Gasteiger charge is 2.21. The Bertz CT molecular complexity index is 810. The van der Waals surface area contributed by atoms with Crippen LogP contribution in [0.25, 0.3) is 0 Å². The van der Waals surface area contributed by atoms with Crippen LogP contribution in [-0.4, -0.2) is 49.9 Å². The van der Waals surface area contributed by atoms with Gasteiger partial charge >= 0.3 is 6.03 Å². The Balaban J connectivity index is 1.43. The molecule has 1 fully saturated rings. The molecule has 1 heterocycles. The summed E-state index contributed by atoms with van der Waals surface area (Å²) in [6.45, 7) is 9.89. The predicted octanol–water partition coefficient (Wildman–Crippen LogP) is 3.66. The first-order valence-electron chi connectivity index (χ1n) is 9.88. The normalized spacial score (nSPS) is 16.8. The van der Waals surface area contributed by atoms with Crippen LogP contribution >= 0.6 is 0 Å². The fourth-order valence-corrected chi connectivity index (χ4v) is 3.14. The molecule has 2 aromatic rings. The molecule has 2 N–H and O–H groups in total. The van der Waals surface area contributed by atoms with E-state index >= 15 is 0 Å². The van der Waals surface area contributed by atoms with Crippen molar-refractivity contribution in [3.05, 3.63) is 72.3 Å². The Morgan fingerprint density at radius 1 is 1.24 bits per heavy atom. The molecule has 0 radical (unpaired) electrons. The molecule has 0 bridgehead atoms. The molecule has 0 aromatic heterocycles. The molecule has 1 aliphatic heterocycles. The van der Waals surface area contributed by atoms with Crippen molar-refractivity contribution in [3.8, 4) is 5.75 Å². The Kier molecular flexibility index (Phi) is 7.67. The first-order chi connectivity index (χ1) is 14.1. The number of amides is 2. The van der Waals surface area contributed by atoms with Gasteiger partial charge in [0, 0.05) is 37.9 Å².